The van der Waals surface area contributed by atoms with Gasteiger partial charge in [-0.3, -0.25) is 0 Å². The van der Waals surface area contributed by atoms with Crippen LogP contribution in [0.1, 0.15) is 26.3 Å². The zero-order valence-corrected chi connectivity index (χ0v) is 10.1. The summed E-state index contributed by atoms with van der Waals surface area (Å²) in [6.45, 7) is 6.57. The molecule has 0 saturated carbocycles. The molecule has 0 bridgehead atoms. The van der Waals surface area contributed by atoms with Gasteiger partial charge >= 0.3 is 0 Å². The molecular weight excluding hydrogens is 196 g/mol. The van der Waals surface area contributed by atoms with E-state index in [-0.39, 0.29) is 5.41 Å². The molecule has 0 spiro atoms. The molecule has 2 rings (SSSR count). The summed E-state index contributed by atoms with van der Waals surface area (Å²) >= 11 is 0. The van der Waals surface area contributed by atoms with Crippen molar-refractivity contribution in [2.75, 3.05) is 0 Å². The maximum atomic E-state index is 9.97. The number of hydrogen-bond acceptors (Lipinski definition) is 1. The number of phenols is 1. The van der Waals surface area contributed by atoms with Crippen molar-refractivity contribution in [1.82, 2.24) is 0 Å². The molecule has 84 valence electrons. The number of fused-ring (bicyclic) bond motifs is 1. The van der Waals surface area contributed by atoms with Crippen LogP contribution in [0.25, 0.3) is 10.8 Å². The fraction of sp³-hybridized carbons (Fsp3) is 0.333. The lowest BCUT2D eigenvalue weighted by molar-refractivity contribution is 0.396. The van der Waals surface area contributed by atoms with Gasteiger partial charge in [-0.2, -0.15) is 0 Å². The average Bonchev–Trinajstić information content (AvgIpc) is 2.21. The third-order valence-electron chi connectivity index (χ3n) is 2.72. The molecule has 0 aliphatic heterocycles. The molecule has 1 N–H and O–H groups in total. The van der Waals surface area contributed by atoms with E-state index in [2.05, 4.69) is 32.9 Å². The van der Waals surface area contributed by atoms with Gasteiger partial charge in [0.15, 0.2) is 0 Å². The summed E-state index contributed by atoms with van der Waals surface area (Å²) in [6, 6.07) is 12.0. The predicted octanol–water partition coefficient (Wildman–Crippen LogP) is 4.13. The highest BCUT2D eigenvalue weighted by molar-refractivity contribution is 5.87. The van der Waals surface area contributed by atoms with Crippen LogP contribution < -0.4 is 0 Å². The van der Waals surface area contributed by atoms with Crippen LogP contribution in [0.4, 0.5) is 0 Å². The van der Waals surface area contributed by atoms with Crippen LogP contribution in [0.3, 0.4) is 0 Å². The van der Waals surface area contributed by atoms with E-state index in [9.17, 15) is 5.11 Å². The van der Waals surface area contributed by atoms with Gasteiger partial charge in [-0.15, -0.1) is 0 Å². The Kier molecular flexibility index (Phi) is 2.63. The van der Waals surface area contributed by atoms with Crippen molar-refractivity contribution in [3.63, 3.8) is 0 Å². The van der Waals surface area contributed by atoms with Gasteiger partial charge in [-0.25, -0.2) is 0 Å². The summed E-state index contributed by atoms with van der Waals surface area (Å²) in [4.78, 5) is 0. The van der Waals surface area contributed by atoms with Crippen LogP contribution in [0, 0.1) is 5.41 Å². The van der Waals surface area contributed by atoms with Crippen molar-refractivity contribution < 1.29 is 5.11 Å². The minimum absolute atomic E-state index is 0.182. The molecule has 0 atom stereocenters. The van der Waals surface area contributed by atoms with Crippen LogP contribution in [0.15, 0.2) is 36.4 Å². The summed E-state index contributed by atoms with van der Waals surface area (Å²) in [7, 11) is 0. The van der Waals surface area contributed by atoms with Gasteiger partial charge in [-0.05, 0) is 28.7 Å². The monoisotopic (exact) mass is 214 g/mol. The molecule has 1 nitrogen and oxygen atoms in total. The molecule has 1 heteroatoms. The maximum absolute atomic E-state index is 9.97. The van der Waals surface area contributed by atoms with Crippen LogP contribution in [0.5, 0.6) is 5.75 Å². The molecule has 0 unspecified atom stereocenters. The van der Waals surface area contributed by atoms with Crippen LogP contribution in [-0.4, -0.2) is 5.11 Å². The molecule has 0 aromatic heterocycles. The van der Waals surface area contributed by atoms with Crippen molar-refractivity contribution in [2.45, 2.75) is 27.2 Å². The molecule has 2 aromatic carbocycles. The van der Waals surface area contributed by atoms with Crippen molar-refractivity contribution in [1.29, 1.82) is 0 Å². The van der Waals surface area contributed by atoms with Gasteiger partial charge < -0.3 is 5.11 Å². The number of rotatable bonds is 1. The molecule has 0 heterocycles. The van der Waals surface area contributed by atoms with Crippen LogP contribution in [-0.2, 0) is 6.42 Å². The van der Waals surface area contributed by atoms with Gasteiger partial charge in [0, 0.05) is 5.56 Å². The fourth-order valence-electron chi connectivity index (χ4n) is 2.04. The lowest BCUT2D eigenvalue weighted by Gasteiger charge is -2.20. The number of hydrogen-bond donors (Lipinski definition) is 1. The minimum Gasteiger partial charge on any atom is -0.508 e. The van der Waals surface area contributed by atoms with E-state index in [0.717, 1.165) is 17.4 Å². The molecule has 0 saturated heterocycles. The number of benzene rings is 2. The summed E-state index contributed by atoms with van der Waals surface area (Å²) < 4.78 is 0. The highest BCUT2D eigenvalue weighted by atomic mass is 16.3. The van der Waals surface area contributed by atoms with Gasteiger partial charge in [0.1, 0.15) is 5.75 Å². The third kappa shape index (κ3) is 2.19. The summed E-state index contributed by atoms with van der Waals surface area (Å²) in [5.74, 6) is 0.411. The standard InChI is InChI=1S/C15H18O/c1-15(2,3)10-13-12-7-5-4-6-11(12)8-9-14(13)16/h4-9,16H,10H2,1-3H3. The van der Waals surface area contributed by atoms with Gasteiger partial charge in [0.05, 0.1) is 0 Å². The molecule has 16 heavy (non-hydrogen) atoms. The second-order valence-corrected chi connectivity index (χ2v) is 5.52. The molecular formula is C15H18O. The summed E-state index contributed by atoms with van der Waals surface area (Å²) in [6.07, 6.45) is 0.889. The van der Waals surface area contributed by atoms with E-state index in [4.69, 9.17) is 0 Å². The lowest BCUT2D eigenvalue weighted by atomic mass is 9.86. The zero-order valence-electron chi connectivity index (χ0n) is 10.1. The summed E-state index contributed by atoms with van der Waals surface area (Å²) in [5, 5.41) is 12.3. The third-order valence-corrected chi connectivity index (χ3v) is 2.72. The lowest BCUT2D eigenvalue weighted by Crippen LogP contribution is -2.09. The van der Waals surface area contributed by atoms with Gasteiger partial charge in [0.2, 0.25) is 0 Å². The van der Waals surface area contributed by atoms with E-state index >= 15 is 0 Å². The molecule has 2 aromatic rings. The van der Waals surface area contributed by atoms with Crippen molar-refractivity contribution >= 4 is 10.8 Å². The number of phenolic OH excluding ortho intramolecular Hbond substituents is 1. The van der Waals surface area contributed by atoms with Gasteiger partial charge in [-0.1, -0.05) is 51.1 Å². The highest BCUT2D eigenvalue weighted by Crippen LogP contribution is 2.32. The van der Waals surface area contributed by atoms with E-state index in [1.54, 1.807) is 6.07 Å². The SMILES string of the molecule is CC(C)(C)Cc1c(O)ccc2ccccc12. The smallest absolute Gasteiger partial charge is 0.119 e. The molecule has 0 aliphatic rings. The average molecular weight is 214 g/mol. The second-order valence-electron chi connectivity index (χ2n) is 5.52. The first-order chi connectivity index (χ1) is 7.47. The Bertz CT molecular complexity index is 506. The first-order valence-electron chi connectivity index (χ1n) is 5.67. The van der Waals surface area contributed by atoms with Crippen molar-refractivity contribution in [2.24, 2.45) is 5.41 Å². The van der Waals surface area contributed by atoms with Crippen molar-refractivity contribution in [3.05, 3.63) is 42.0 Å². The first-order valence-corrected chi connectivity index (χ1v) is 5.67. The van der Waals surface area contributed by atoms with Crippen LogP contribution >= 0.6 is 0 Å². The van der Waals surface area contributed by atoms with Crippen molar-refractivity contribution in [3.8, 4) is 5.75 Å². The fourth-order valence-corrected chi connectivity index (χ4v) is 2.04. The van der Waals surface area contributed by atoms with Crippen LogP contribution in [0.2, 0.25) is 0 Å². The van der Waals surface area contributed by atoms with E-state index in [1.165, 1.54) is 5.39 Å². The Labute approximate surface area is 96.7 Å². The van der Waals surface area contributed by atoms with E-state index < -0.39 is 0 Å². The topological polar surface area (TPSA) is 20.2 Å². The Morgan fingerprint density at radius 1 is 1.00 bits per heavy atom. The maximum Gasteiger partial charge on any atom is 0.119 e. The Morgan fingerprint density at radius 2 is 1.69 bits per heavy atom. The second kappa shape index (κ2) is 3.82. The molecule has 0 radical (unpaired) electrons. The molecule has 0 amide bonds. The Balaban J connectivity index is 2.62. The molecule has 0 aliphatic carbocycles. The summed E-state index contributed by atoms with van der Waals surface area (Å²) in [5.41, 5.74) is 1.24. The Hall–Kier alpha value is -1.50. The Morgan fingerprint density at radius 3 is 2.38 bits per heavy atom. The predicted molar refractivity (Wildman–Crippen MR) is 68.8 cm³/mol. The van der Waals surface area contributed by atoms with Gasteiger partial charge in [0.25, 0.3) is 0 Å². The largest absolute Gasteiger partial charge is 0.508 e. The minimum atomic E-state index is 0.182. The van der Waals surface area contributed by atoms with E-state index in [1.807, 2.05) is 18.2 Å². The highest BCUT2D eigenvalue weighted by Gasteiger charge is 2.16. The quantitative estimate of drug-likeness (QED) is 0.756. The normalized spacial score (nSPS) is 11.9. The number of aromatic hydroxyl groups is 1. The van der Waals surface area contributed by atoms with E-state index in [0.29, 0.717) is 5.75 Å². The zero-order chi connectivity index (χ0) is 11.8. The first kappa shape index (κ1) is 11.0. The molecule has 0 fully saturated rings.